The normalized spacial score (nSPS) is 11.3. The Labute approximate surface area is 151 Å². The molecule has 0 aliphatic heterocycles. The van der Waals surface area contributed by atoms with Crippen LogP contribution in [0.15, 0.2) is 0 Å². The third-order valence-corrected chi connectivity index (χ3v) is 3.53. The van der Waals surface area contributed by atoms with Crippen LogP contribution in [0.2, 0.25) is 0 Å². The van der Waals surface area contributed by atoms with Gasteiger partial charge < -0.3 is 14.9 Å². The molecule has 25 heavy (non-hydrogen) atoms. The molecular formula is C16H37N3O6. The Morgan fingerprint density at radius 3 is 2.04 bits per heavy atom. The highest BCUT2D eigenvalue weighted by Crippen LogP contribution is 2.01. The van der Waals surface area contributed by atoms with E-state index in [0.29, 0.717) is 13.2 Å². The summed E-state index contributed by atoms with van der Waals surface area (Å²) in [6.07, 6.45) is 9.79. The molecule has 0 aliphatic rings. The summed E-state index contributed by atoms with van der Waals surface area (Å²) in [5.74, 6) is 0. The minimum absolute atomic E-state index is 0.0564. The summed E-state index contributed by atoms with van der Waals surface area (Å²) < 4.78 is 4.84. The zero-order valence-electron chi connectivity index (χ0n) is 15.3. The number of hydrogen-bond donors (Lipinski definition) is 5. The van der Waals surface area contributed by atoms with E-state index in [1.54, 1.807) is 0 Å². The Kier molecular flexibility index (Phi) is 23.3. The molecule has 0 atom stereocenters. The number of hydroxylamine groups is 1. The van der Waals surface area contributed by atoms with Crippen molar-refractivity contribution in [3.8, 4) is 0 Å². The summed E-state index contributed by atoms with van der Waals surface area (Å²) in [6.45, 7) is 3.19. The van der Waals surface area contributed by atoms with Crippen LogP contribution >= 0.6 is 0 Å². The minimum atomic E-state index is -0.195. The molecule has 0 heterocycles. The van der Waals surface area contributed by atoms with Crippen molar-refractivity contribution in [2.45, 2.75) is 57.8 Å². The Morgan fingerprint density at radius 2 is 1.32 bits per heavy atom. The third kappa shape index (κ3) is 23.6. The van der Waals surface area contributed by atoms with Crippen molar-refractivity contribution in [2.24, 2.45) is 0 Å². The summed E-state index contributed by atoms with van der Waals surface area (Å²) >= 11 is 0. The van der Waals surface area contributed by atoms with Crippen molar-refractivity contribution in [1.82, 2.24) is 16.1 Å². The van der Waals surface area contributed by atoms with E-state index in [1.807, 2.05) is 0 Å². The van der Waals surface area contributed by atoms with Gasteiger partial charge in [-0.1, -0.05) is 32.1 Å². The Hall–Kier alpha value is -0.360. The van der Waals surface area contributed by atoms with Gasteiger partial charge in [0.1, 0.15) is 13.5 Å². The first-order valence-corrected chi connectivity index (χ1v) is 9.30. The number of rotatable bonds is 22. The predicted molar refractivity (Wildman–Crippen MR) is 93.8 cm³/mol. The standard InChI is InChI=1S/C16H37N3O6/c20-14-17-10-6-2-1-3-8-12-19-24-25-23-15-18-11-7-4-5-9-13-22-16-21/h17-21H,1-16H2. The average Bonchev–Trinajstić information content (AvgIpc) is 2.63. The zero-order chi connectivity index (χ0) is 18.3. The lowest BCUT2D eigenvalue weighted by atomic mass is 10.1. The number of aliphatic hydroxyl groups is 2. The molecule has 0 fully saturated rings. The molecule has 0 unspecified atom stereocenters. The maximum atomic E-state index is 8.56. The second-order valence-electron chi connectivity index (χ2n) is 5.69. The van der Waals surface area contributed by atoms with Gasteiger partial charge in [0, 0.05) is 13.2 Å². The molecule has 0 rings (SSSR count). The van der Waals surface area contributed by atoms with Gasteiger partial charge in [0.05, 0.1) is 6.73 Å². The van der Waals surface area contributed by atoms with Gasteiger partial charge in [0.25, 0.3) is 0 Å². The minimum Gasteiger partial charge on any atom is -0.381 e. The molecule has 9 heteroatoms. The molecule has 0 aromatic heterocycles. The van der Waals surface area contributed by atoms with E-state index in [9.17, 15) is 0 Å². The van der Waals surface area contributed by atoms with Gasteiger partial charge in [-0.3, -0.25) is 10.6 Å². The molecule has 0 saturated heterocycles. The molecule has 0 saturated carbocycles. The van der Waals surface area contributed by atoms with Crippen molar-refractivity contribution in [1.29, 1.82) is 0 Å². The molecule has 0 aromatic carbocycles. The van der Waals surface area contributed by atoms with Crippen LogP contribution in [0.3, 0.4) is 0 Å². The third-order valence-electron chi connectivity index (χ3n) is 3.53. The Bertz CT molecular complexity index is 218. The molecule has 0 amide bonds. The topological polar surface area (TPSA) is 113 Å². The quantitative estimate of drug-likeness (QED) is 0.0825. The molecule has 0 aliphatic carbocycles. The zero-order valence-corrected chi connectivity index (χ0v) is 15.3. The fraction of sp³-hybridized carbons (Fsp3) is 1.00. The number of hydrogen-bond acceptors (Lipinski definition) is 9. The maximum absolute atomic E-state index is 8.56. The number of unbranched alkanes of at least 4 members (excludes halogenated alkanes) is 7. The van der Waals surface area contributed by atoms with Crippen LogP contribution in [0.1, 0.15) is 57.8 Å². The Morgan fingerprint density at radius 1 is 0.680 bits per heavy atom. The van der Waals surface area contributed by atoms with Gasteiger partial charge in [-0.2, -0.15) is 10.4 Å². The lowest BCUT2D eigenvalue weighted by Crippen LogP contribution is -2.22. The summed E-state index contributed by atoms with van der Waals surface area (Å²) in [4.78, 5) is 9.50. The van der Waals surface area contributed by atoms with E-state index in [1.165, 1.54) is 6.42 Å². The highest BCUT2D eigenvalue weighted by atomic mass is 17.5. The molecule has 0 spiro atoms. The summed E-state index contributed by atoms with van der Waals surface area (Å²) in [5, 5.41) is 27.5. The second kappa shape index (κ2) is 23.6. The van der Waals surface area contributed by atoms with Gasteiger partial charge in [-0.05, 0) is 43.8 Å². The molecule has 0 bridgehead atoms. The van der Waals surface area contributed by atoms with E-state index >= 15 is 0 Å². The van der Waals surface area contributed by atoms with Crippen molar-refractivity contribution in [2.75, 3.05) is 46.5 Å². The molecule has 5 N–H and O–H groups in total. The van der Waals surface area contributed by atoms with Crippen molar-refractivity contribution >= 4 is 0 Å². The highest BCUT2D eigenvalue weighted by molar-refractivity contribution is 4.47. The largest absolute Gasteiger partial charge is 0.381 e. The molecule has 0 radical (unpaired) electrons. The molecule has 9 nitrogen and oxygen atoms in total. The van der Waals surface area contributed by atoms with Crippen LogP contribution < -0.4 is 16.1 Å². The summed E-state index contributed by atoms with van der Waals surface area (Å²) in [5.41, 5.74) is 2.68. The van der Waals surface area contributed by atoms with E-state index in [0.717, 1.165) is 64.5 Å². The van der Waals surface area contributed by atoms with E-state index in [-0.39, 0.29) is 20.3 Å². The molecular weight excluding hydrogens is 330 g/mol. The fourth-order valence-electron chi connectivity index (χ4n) is 2.16. The first kappa shape index (κ1) is 24.6. The van der Waals surface area contributed by atoms with E-state index in [4.69, 9.17) is 24.8 Å². The lowest BCUT2D eigenvalue weighted by Gasteiger charge is -2.06. The van der Waals surface area contributed by atoms with Crippen LogP contribution in [-0.4, -0.2) is 56.7 Å². The first-order valence-electron chi connectivity index (χ1n) is 9.30. The van der Waals surface area contributed by atoms with Gasteiger partial charge in [0.2, 0.25) is 0 Å². The number of aliphatic hydroxyl groups excluding tert-OH is 2. The SMILES string of the molecule is OCNCCCCCCCNOOOCNCCCCCCOCO. The van der Waals surface area contributed by atoms with E-state index in [2.05, 4.69) is 21.2 Å². The number of ether oxygens (including phenoxy) is 1. The van der Waals surface area contributed by atoms with Crippen molar-refractivity contribution in [3.63, 3.8) is 0 Å². The molecule has 0 aromatic rings. The molecule has 152 valence electrons. The maximum Gasteiger partial charge on any atom is 0.143 e. The van der Waals surface area contributed by atoms with Crippen LogP contribution in [0.5, 0.6) is 0 Å². The average molecular weight is 367 g/mol. The van der Waals surface area contributed by atoms with Crippen LogP contribution in [0.25, 0.3) is 0 Å². The predicted octanol–water partition coefficient (Wildman–Crippen LogP) is 0.935. The monoisotopic (exact) mass is 367 g/mol. The van der Waals surface area contributed by atoms with Gasteiger partial charge in [-0.15, -0.1) is 4.99 Å². The first-order chi connectivity index (χ1) is 12.4. The van der Waals surface area contributed by atoms with Crippen molar-refractivity contribution in [3.05, 3.63) is 0 Å². The van der Waals surface area contributed by atoms with Crippen LogP contribution in [-0.2, 0) is 19.7 Å². The van der Waals surface area contributed by atoms with E-state index < -0.39 is 0 Å². The highest BCUT2D eigenvalue weighted by Gasteiger charge is 1.94. The van der Waals surface area contributed by atoms with Crippen molar-refractivity contribution < 1.29 is 29.9 Å². The smallest absolute Gasteiger partial charge is 0.143 e. The summed E-state index contributed by atoms with van der Waals surface area (Å²) in [6, 6.07) is 0. The van der Waals surface area contributed by atoms with Gasteiger partial charge in [0.15, 0.2) is 0 Å². The van der Waals surface area contributed by atoms with Crippen LogP contribution in [0, 0.1) is 0 Å². The lowest BCUT2D eigenvalue weighted by molar-refractivity contribution is -0.535. The van der Waals surface area contributed by atoms with Gasteiger partial charge >= 0.3 is 0 Å². The Balaban J connectivity index is 2.94. The second-order valence-corrected chi connectivity index (χ2v) is 5.69. The fourth-order valence-corrected chi connectivity index (χ4v) is 2.16. The van der Waals surface area contributed by atoms with Crippen LogP contribution in [0.4, 0.5) is 0 Å². The van der Waals surface area contributed by atoms with Gasteiger partial charge in [-0.25, -0.2) is 0 Å². The summed E-state index contributed by atoms with van der Waals surface area (Å²) in [7, 11) is 0. The number of nitrogens with one attached hydrogen (secondary N) is 3.